The molecule has 1 saturated heterocycles. The van der Waals surface area contributed by atoms with Gasteiger partial charge in [-0.1, -0.05) is 19.8 Å². The first-order chi connectivity index (χ1) is 8.50. The smallest absolute Gasteiger partial charge is 0.224 e. The quantitative estimate of drug-likeness (QED) is 0.705. The molecule has 1 heterocycles. The van der Waals surface area contributed by atoms with Gasteiger partial charge in [-0.3, -0.25) is 4.79 Å². The topological polar surface area (TPSA) is 61.4 Å². The van der Waals surface area contributed by atoms with E-state index in [-0.39, 0.29) is 17.9 Å². The molecule has 1 aliphatic heterocycles. The van der Waals surface area contributed by atoms with Crippen molar-refractivity contribution in [2.24, 2.45) is 11.8 Å². The van der Waals surface area contributed by atoms with E-state index in [2.05, 4.69) is 24.5 Å². The third-order valence-electron chi connectivity index (χ3n) is 4.52. The lowest BCUT2D eigenvalue weighted by molar-refractivity contribution is -0.127. The van der Waals surface area contributed by atoms with E-state index in [1.807, 2.05) is 0 Å². The Morgan fingerprint density at radius 1 is 1.44 bits per heavy atom. The van der Waals surface area contributed by atoms with Crippen molar-refractivity contribution in [2.75, 3.05) is 13.1 Å². The number of carbonyl (C=O) groups is 1. The van der Waals surface area contributed by atoms with E-state index in [0.29, 0.717) is 12.5 Å². The molecule has 3 N–H and O–H groups in total. The molecule has 2 fully saturated rings. The van der Waals surface area contributed by atoms with Crippen LogP contribution in [-0.4, -0.2) is 35.7 Å². The second kappa shape index (κ2) is 5.57. The van der Waals surface area contributed by atoms with Gasteiger partial charge in [-0.15, -0.1) is 0 Å². The second-order valence-electron chi connectivity index (χ2n) is 6.28. The van der Waals surface area contributed by atoms with E-state index >= 15 is 0 Å². The number of carbonyl (C=O) groups excluding carboxylic acids is 1. The molecule has 104 valence electrons. The molecule has 2 rings (SSSR count). The van der Waals surface area contributed by atoms with E-state index in [9.17, 15) is 9.90 Å². The van der Waals surface area contributed by atoms with Crippen molar-refractivity contribution in [3.8, 4) is 0 Å². The van der Waals surface area contributed by atoms with Crippen LogP contribution in [0.25, 0.3) is 0 Å². The minimum atomic E-state index is -0.678. The van der Waals surface area contributed by atoms with Gasteiger partial charge in [0.25, 0.3) is 0 Å². The van der Waals surface area contributed by atoms with Crippen LogP contribution < -0.4 is 10.6 Å². The van der Waals surface area contributed by atoms with Crippen LogP contribution in [-0.2, 0) is 4.79 Å². The number of rotatable bonds is 3. The summed E-state index contributed by atoms with van der Waals surface area (Å²) in [4.78, 5) is 12.1. The molecule has 2 aliphatic rings. The summed E-state index contributed by atoms with van der Waals surface area (Å²) in [5.74, 6) is 0.724. The highest BCUT2D eigenvalue weighted by molar-refractivity contribution is 5.79. The number of hydrogen-bond acceptors (Lipinski definition) is 3. The Bertz CT molecular complexity index is 308. The molecule has 0 aromatic heterocycles. The van der Waals surface area contributed by atoms with Crippen molar-refractivity contribution in [2.45, 2.75) is 57.6 Å². The molecule has 0 aromatic rings. The predicted octanol–water partition coefficient (Wildman–Crippen LogP) is 1.04. The number of hydrogen-bond donors (Lipinski definition) is 3. The van der Waals surface area contributed by atoms with Crippen molar-refractivity contribution in [1.29, 1.82) is 0 Å². The van der Waals surface area contributed by atoms with Gasteiger partial charge in [0.2, 0.25) is 5.91 Å². The molecular formula is C14H26N2O2. The second-order valence-corrected chi connectivity index (χ2v) is 6.28. The van der Waals surface area contributed by atoms with Crippen molar-refractivity contribution >= 4 is 5.91 Å². The van der Waals surface area contributed by atoms with Crippen LogP contribution in [0.1, 0.15) is 46.0 Å². The predicted molar refractivity (Wildman–Crippen MR) is 71.2 cm³/mol. The van der Waals surface area contributed by atoms with Crippen LogP contribution >= 0.6 is 0 Å². The van der Waals surface area contributed by atoms with Crippen LogP contribution in [0.15, 0.2) is 0 Å². The summed E-state index contributed by atoms with van der Waals surface area (Å²) in [5, 5.41) is 16.7. The molecule has 0 aromatic carbocycles. The Morgan fingerprint density at radius 3 is 2.83 bits per heavy atom. The maximum absolute atomic E-state index is 12.1. The number of amides is 1. The third-order valence-corrected chi connectivity index (χ3v) is 4.52. The van der Waals surface area contributed by atoms with Crippen molar-refractivity contribution in [3.63, 3.8) is 0 Å². The third kappa shape index (κ3) is 3.23. The molecule has 4 atom stereocenters. The van der Waals surface area contributed by atoms with Gasteiger partial charge in [0, 0.05) is 12.6 Å². The molecule has 0 spiro atoms. The van der Waals surface area contributed by atoms with E-state index in [1.54, 1.807) is 0 Å². The lowest BCUT2D eigenvalue weighted by Crippen LogP contribution is -2.48. The zero-order valence-corrected chi connectivity index (χ0v) is 11.5. The summed E-state index contributed by atoms with van der Waals surface area (Å²) >= 11 is 0. The zero-order chi connectivity index (χ0) is 13.2. The SMILES string of the molecule is CC1CCCC(O)(CNC(=O)C2CCNC2C)C1. The molecule has 1 aliphatic carbocycles. The minimum absolute atomic E-state index is 0.0645. The molecule has 4 unspecified atom stereocenters. The standard InChI is InChI=1S/C14H26N2O2/c1-10-4-3-6-14(18,8-10)9-16-13(17)12-5-7-15-11(12)2/h10-12,15,18H,3-9H2,1-2H3,(H,16,17). The molecule has 1 saturated carbocycles. The van der Waals surface area contributed by atoms with Gasteiger partial charge in [-0.25, -0.2) is 0 Å². The van der Waals surface area contributed by atoms with Gasteiger partial charge in [0.05, 0.1) is 11.5 Å². The fourth-order valence-corrected chi connectivity index (χ4v) is 3.39. The summed E-state index contributed by atoms with van der Waals surface area (Å²) in [6.07, 6.45) is 4.79. The molecule has 1 amide bonds. The average molecular weight is 254 g/mol. The monoisotopic (exact) mass is 254 g/mol. The maximum atomic E-state index is 12.1. The summed E-state index contributed by atoms with van der Waals surface area (Å²) in [7, 11) is 0. The molecule has 4 heteroatoms. The average Bonchev–Trinajstić information content (AvgIpc) is 2.72. The van der Waals surface area contributed by atoms with Crippen LogP contribution in [0.5, 0.6) is 0 Å². The van der Waals surface area contributed by atoms with E-state index in [1.165, 1.54) is 6.42 Å². The van der Waals surface area contributed by atoms with Crippen LogP contribution in [0, 0.1) is 11.8 Å². The number of nitrogens with one attached hydrogen (secondary N) is 2. The first-order valence-corrected chi connectivity index (χ1v) is 7.24. The van der Waals surface area contributed by atoms with Gasteiger partial charge in [-0.2, -0.15) is 0 Å². The van der Waals surface area contributed by atoms with Crippen molar-refractivity contribution < 1.29 is 9.90 Å². The van der Waals surface area contributed by atoms with Crippen LogP contribution in [0.2, 0.25) is 0 Å². The molecule has 4 nitrogen and oxygen atoms in total. The summed E-state index contributed by atoms with van der Waals surface area (Å²) in [6, 6.07) is 0.255. The molecular weight excluding hydrogens is 228 g/mol. The summed E-state index contributed by atoms with van der Waals surface area (Å²) < 4.78 is 0. The maximum Gasteiger partial charge on any atom is 0.224 e. The highest BCUT2D eigenvalue weighted by Crippen LogP contribution is 2.31. The first kappa shape index (κ1) is 13.8. The first-order valence-electron chi connectivity index (χ1n) is 7.24. The van der Waals surface area contributed by atoms with E-state index in [0.717, 1.165) is 32.2 Å². The molecule has 0 radical (unpaired) electrons. The van der Waals surface area contributed by atoms with E-state index in [4.69, 9.17) is 0 Å². The van der Waals surface area contributed by atoms with Crippen molar-refractivity contribution in [1.82, 2.24) is 10.6 Å². The van der Waals surface area contributed by atoms with Gasteiger partial charge in [-0.05, 0) is 38.6 Å². The summed E-state index contributed by atoms with van der Waals surface area (Å²) in [5.41, 5.74) is -0.678. The Hall–Kier alpha value is -0.610. The zero-order valence-electron chi connectivity index (χ0n) is 11.5. The lowest BCUT2D eigenvalue weighted by Gasteiger charge is -2.36. The van der Waals surface area contributed by atoms with Crippen molar-refractivity contribution in [3.05, 3.63) is 0 Å². The Kier molecular flexibility index (Phi) is 4.28. The number of aliphatic hydroxyl groups is 1. The highest BCUT2D eigenvalue weighted by Gasteiger charge is 2.35. The fraction of sp³-hybridized carbons (Fsp3) is 0.929. The highest BCUT2D eigenvalue weighted by atomic mass is 16.3. The van der Waals surface area contributed by atoms with Crippen LogP contribution in [0.3, 0.4) is 0 Å². The van der Waals surface area contributed by atoms with Gasteiger partial charge >= 0.3 is 0 Å². The molecule has 18 heavy (non-hydrogen) atoms. The normalized spacial score (nSPS) is 40.7. The van der Waals surface area contributed by atoms with Gasteiger partial charge < -0.3 is 15.7 Å². The Morgan fingerprint density at radius 2 is 2.22 bits per heavy atom. The lowest BCUT2D eigenvalue weighted by atomic mass is 9.79. The Balaban J connectivity index is 1.81. The fourth-order valence-electron chi connectivity index (χ4n) is 3.39. The van der Waals surface area contributed by atoms with Gasteiger partial charge in [0.1, 0.15) is 0 Å². The van der Waals surface area contributed by atoms with Gasteiger partial charge in [0.15, 0.2) is 0 Å². The summed E-state index contributed by atoms with van der Waals surface area (Å²) in [6.45, 7) is 5.56. The Labute approximate surface area is 110 Å². The van der Waals surface area contributed by atoms with Crippen LogP contribution in [0.4, 0.5) is 0 Å². The molecule has 0 bridgehead atoms. The van der Waals surface area contributed by atoms with E-state index < -0.39 is 5.60 Å². The minimum Gasteiger partial charge on any atom is -0.388 e. The largest absolute Gasteiger partial charge is 0.388 e.